The van der Waals surface area contributed by atoms with Crippen LogP contribution in [0.5, 0.6) is 5.75 Å². The Balaban J connectivity index is 1.82. The van der Waals surface area contributed by atoms with Crippen molar-refractivity contribution in [3.05, 3.63) is 69.1 Å². The molecule has 172 valence electrons. The van der Waals surface area contributed by atoms with E-state index in [0.29, 0.717) is 18.0 Å². The van der Waals surface area contributed by atoms with Crippen LogP contribution in [0.25, 0.3) is 0 Å². The molecule has 0 unspecified atom stereocenters. The van der Waals surface area contributed by atoms with Crippen LogP contribution in [0.15, 0.2) is 42.9 Å². The molecule has 0 aliphatic rings. The molecule has 0 aliphatic heterocycles. The number of halogens is 4. The van der Waals surface area contributed by atoms with E-state index < -0.39 is 44.9 Å². The predicted octanol–water partition coefficient (Wildman–Crippen LogP) is 3.96. The molecule has 0 atom stereocenters. The van der Waals surface area contributed by atoms with Gasteiger partial charge >= 0.3 is 11.9 Å². The van der Waals surface area contributed by atoms with Gasteiger partial charge in [0, 0.05) is 11.8 Å². The van der Waals surface area contributed by atoms with Gasteiger partial charge in [0.25, 0.3) is 5.91 Å². The molecular weight excluding hydrogens is 471 g/mol. The maximum atomic E-state index is 12.8. The number of methoxy groups -OCH3 is 1. The highest BCUT2D eigenvalue weighted by molar-refractivity contribution is 6.33. The van der Waals surface area contributed by atoms with Gasteiger partial charge < -0.3 is 10.1 Å². The number of benzene rings is 1. The van der Waals surface area contributed by atoms with Crippen LogP contribution in [-0.2, 0) is 6.18 Å². The summed E-state index contributed by atoms with van der Waals surface area (Å²) in [6.45, 7) is 0. The molecule has 1 aromatic carbocycles. The van der Waals surface area contributed by atoms with Crippen LogP contribution < -0.4 is 20.9 Å². The molecule has 3 rings (SSSR count). The normalized spacial score (nSPS) is 10.9. The van der Waals surface area contributed by atoms with Crippen molar-refractivity contribution in [2.75, 3.05) is 17.9 Å². The number of amides is 1. The number of alkyl halides is 3. The SMILES string of the molecule is COc1ccc(C(=O)NNc2ncnc(Nc3ncc(C(F)(F)F)cc3Cl)c2[N+](=O)[O-])cc1. The topological polar surface area (TPSA) is 144 Å². The van der Waals surface area contributed by atoms with Gasteiger partial charge in [-0.3, -0.25) is 25.8 Å². The Morgan fingerprint density at radius 1 is 1.12 bits per heavy atom. The number of ether oxygens (including phenoxy) is 1. The number of anilines is 3. The Labute approximate surface area is 188 Å². The van der Waals surface area contributed by atoms with Crippen molar-refractivity contribution < 1.29 is 27.6 Å². The fraction of sp³-hybridized carbons (Fsp3) is 0.111. The highest BCUT2D eigenvalue weighted by Crippen LogP contribution is 2.35. The molecule has 1 amide bonds. The van der Waals surface area contributed by atoms with E-state index in [4.69, 9.17) is 16.3 Å². The summed E-state index contributed by atoms with van der Waals surface area (Å²) in [6, 6.07) is 6.64. The van der Waals surface area contributed by atoms with Crippen LogP contribution in [0.1, 0.15) is 15.9 Å². The number of pyridine rings is 1. The second kappa shape index (κ2) is 9.52. The minimum atomic E-state index is -4.67. The van der Waals surface area contributed by atoms with Gasteiger partial charge in [0.2, 0.25) is 11.6 Å². The van der Waals surface area contributed by atoms with Crippen LogP contribution in [-0.4, -0.2) is 32.9 Å². The van der Waals surface area contributed by atoms with Crippen LogP contribution in [0.3, 0.4) is 0 Å². The first-order chi connectivity index (χ1) is 15.6. The fourth-order valence-corrected chi connectivity index (χ4v) is 2.68. The number of hydrogen-bond donors (Lipinski definition) is 3. The van der Waals surface area contributed by atoms with Gasteiger partial charge in [-0.05, 0) is 30.3 Å². The number of nitrogens with one attached hydrogen (secondary N) is 3. The molecule has 0 spiro atoms. The Morgan fingerprint density at radius 3 is 2.36 bits per heavy atom. The predicted molar refractivity (Wildman–Crippen MR) is 110 cm³/mol. The first-order valence-corrected chi connectivity index (χ1v) is 9.17. The van der Waals surface area contributed by atoms with E-state index in [2.05, 4.69) is 31.1 Å². The van der Waals surface area contributed by atoms with Crippen molar-refractivity contribution in [1.82, 2.24) is 20.4 Å². The number of rotatable bonds is 7. The van der Waals surface area contributed by atoms with E-state index in [1.807, 2.05) is 0 Å². The second-order valence-corrected chi connectivity index (χ2v) is 6.57. The number of hydrogen-bond acceptors (Lipinski definition) is 9. The Hall–Kier alpha value is -4.20. The van der Waals surface area contributed by atoms with E-state index in [9.17, 15) is 28.1 Å². The third kappa shape index (κ3) is 5.54. The molecule has 3 N–H and O–H groups in total. The lowest BCUT2D eigenvalue weighted by Gasteiger charge is -2.12. The third-order valence-corrected chi connectivity index (χ3v) is 4.34. The molecule has 2 heterocycles. The lowest BCUT2D eigenvalue weighted by atomic mass is 10.2. The molecule has 3 aromatic rings. The number of nitro groups is 1. The molecule has 0 aliphatic carbocycles. The first kappa shape index (κ1) is 23.5. The van der Waals surface area contributed by atoms with Gasteiger partial charge in [0.05, 0.1) is 22.6 Å². The van der Waals surface area contributed by atoms with Crippen LogP contribution in [0, 0.1) is 10.1 Å². The van der Waals surface area contributed by atoms with Gasteiger partial charge in [-0.1, -0.05) is 11.6 Å². The van der Waals surface area contributed by atoms with Gasteiger partial charge in [0.1, 0.15) is 12.1 Å². The van der Waals surface area contributed by atoms with E-state index in [-0.39, 0.29) is 11.4 Å². The summed E-state index contributed by atoms with van der Waals surface area (Å²) >= 11 is 5.83. The molecule has 0 bridgehead atoms. The molecule has 0 saturated carbocycles. The monoisotopic (exact) mass is 483 g/mol. The largest absolute Gasteiger partial charge is 0.497 e. The molecule has 15 heteroatoms. The summed E-state index contributed by atoms with van der Waals surface area (Å²) in [5.74, 6) is -1.24. The Morgan fingerprint density at radius 2 is 1.79 bits per heavy atom. The smallest absolute Gasteiger partial charge is 0.417 e. The Bertz CT molecular complexity index is 1190. The summed E-state index contributed by atoms with van der Waals surface area (Å²) in [6.07, 6.45) is -3.24. The molecule has 11 nitrogen and oxygen atoms in total. The molecule has 33 heavy (non-hydrogen) atoms. The van der Waals surface area contributed by atoms with E-state index in [1.54, 1.807) is 12.1 Å². The van der Waals surface area contributed by atoms with Crippen molar-refractivity contribution in [2.45, 2.75) is 6.18 Å². The van der Waals surface area contributed by atoms with Crippen LogP contribution in [0.2, 0.25) is 5.02 Å². The second-order valence-electron chi connectivity index (χ2n) is 6.16. The zero-order chi connectivity index (χ0) is 24.2. The highest BCUT2D eigenvalue weighted by atomic mass is 35.5. The maximum absolute atomic E-state index is 12.8. The molecular formula is C18H13ClF3N7O4. The van der Waals surface area contributed by atoms with Crippen molar-refractivity contribution in [2.24, 2.45) is 0 Å². The number of hydrazine groups is 1. The van der Waals surface area contributed by atoms with Crippen molar-refractivity contribution in [1.29, 1.82) is 0 Å². The molecule has 0 saturated heterocycles. The van der Waals surface area contributed by atoms with Gasteiger partial charge in [-0.2, -0.15) is 13.2 Å². The fourth-order valence-electron chi connectivity index (χ4n) is 2.46. The van der Waals surface area contributed by atoms with Gasteiger partial charge in [0.15, 0.2) is 5.82 Å². The van der Waals surface area contributed by atoms with Gasteiger partial charge in [-0.25, -0.2) is 15.0 Å². The van der Waals surface area contributed by atoms with Crippen LogP contribution in [0.4, 0.5) is 36.3 Å². The van der Waals surface area contributed by atoms with E-state index in [0.717, 1.165) is 6.33 Å². The van der Waals surface area contributed by atoms with Crippen molar-refractivity contribution in [3.8, 4) is 5.75 Å². The summed E-state index contributed by atoms with van der Waals surface area (Å²) in [5.41, 5.74) is 2.99. The Kier molecular flexibility index (Phi) is 6.77. The zero-order valence-corrected chi connectivity index (χ0v) is 17.2. The van der Waals surface area contributed by atoms with Gasteiger partial charge in [-0.15, -0.1) is 0 Å². The lowest BCUT2D eigenvalue weighted by molar-refractivity contribution is -0.383. The molecule has 0 radical (unpaired) electrons. The average Bonchev–Trinajstić information content (AvgIpc) is 2.78. The highest BCUT2D eigenvalue weighted by Gasteiger charge is 2.32. The number of carbonyl (C=O) groups excluding carboxylic acids is 1. The molecule has 2 aromatic heterocycles. The number of nitrogens with zero attached hydrogens (tertiary/aromatic N) is 4. The van der Waals surface area contributed by atoms with Crippen molar-refractivity contribution in [3.63, 3.8) is 0 Å². The third-order valence-electron chi connectivity index (χ3n) is 4.06. The first-order valence-electron chi connectivity index (χ1n) is 8.79. The van der Waals surface area contributed by atoms with E-state index >= 15 is 0 Å². The van der Waals surface area contributed by atoms with Crippen LogP contribution >= 0.6 is 11.6 Å². The summed E-state index contributed by atoms with van der Waals surface area (Å²) in [4.78, 5) is 34.0. The maximum Gasteiger partial charge on any atom is 0.417 e. The van der Waals surface area contributed by atoms with E-state index in [1.165, 1.54) is 19.2 Å². The van der Waals surface area contributed by atoms with Crippen molar-refractivity contribution >= 4 is 40.6 Å². The zero-order valence-electron chi connectivity index (χ0n) is 16.5. The minimum absolute atomic E-state index is 0.221. The average molecular weight is 484 g/mol. The summed E-state index contributed by atoms with van der Waals surface area (Å²) < 4.78 is 43.3. The quantitative estimate of drug-likeness (QED) is 0.336. The lowest BCUT2D eigenvalue weighted by Crippen LogP contribution is -2.30. The standard InChI is InChI=1S/C18H13ClF3N7O4/c1-33-11-4-2-9(3-5-11)17(30)28-27-16-13(29(31)32)15(24-8-25-16)26-14-12(19)6-10(7-23-14)18(20,21)22/h2-8H,1H3,(H,28,30)(H2,23,24,25,26,27). The summed E-state index contributed by atoms with van der Waals surface area (Å²) in [7, 11) is 1.46. The minimum Gasteiger partial charge on any atom is -0.497 e. The molecule has 0 fully saturated rings. The number of aromatic nitrogens is 3. The summed E-state index contributed by atoms with van der Waals surface area (Å²) in [5, 5.41) is 13.6. The number of carbonyl (C=O) groups is 1.